The van der Waals surface area contributed by atoms with Crippen LogP contribution in [0.2, 0.25) is 0 Å². The van der Waals surface area contributed by atoms with Crippen LogP contribution in [0.3, 0.4) is 0 Å². The summed E-state index contributed by atoms with van der Waals surface area (Å²) < 4.78 is 75.3. The minimum atomic E-state index is -5.12. The van der Waals surface area contributed by atoms with Crippen LogP contribution >= 0.6 is 0 Å². The second-order valence-electron chi connectivity index (χ2n) is 8.58. The molecule has 1 aliphatic heterocycles. The standard InChI is InChI=1S/C22H21F5N4O2/c1-30-16-8-17(31-4-5-33-10-12(31)6-11-2-3-11)28-9-14(16)20(29-30)13-7-15(22(25,26)27)19(24)21(32)18(13)23/h7-9,11-12,32H,2-6,10H2,1H3. The van der Waals surface area contributed by atoms with Gasteiger partial charge in [0.1, 0.15) is 11.5 Å². The van der Waals surface area contributed by atoms with Crippen LogP contribution in [0, 0.1) is 17.6 Å². The molecule has 0 spiro atoms. The largest absolute Gasteiger partial charge is 0.503 e. The van der Waals surface area contributed by atoms with Crippen molar-refractivity contribution in [3.05, 3.63) is 35.5 Å². The molecule has 1 atom stereocenters. The first-order valence-corrected chi connectivity index (χ1v) is 10.6. The molecule has 1 N–H and O–H groups in total. The zero-order valence-electron chi connectivity index (χ0n) is 17.7. The Balaban J connectivity index is 1.59. The summed E-state index contributed by atoms with van der Waals surface area (Å²) in [4.78, 5) is 6.64. The molecule has 2 fully saturated rings. The molecule has 176 valence electrons. The number of benzene rings is 1. The van der Waals surface area contributed by atoms with E-state index in [-0.39, 0.29) is 17.1 Å². The van der Waals surface area contributed by atoms with Crippen LogP contribution in [0.4, 0.5) is 27.8 Å². The average molecular weight is 468 g/mol. The van der Waals surface area contributed by atoms with Gasteiger partial charge in [-0.2, -0.15) is 18.3 Å². The SMILES string of the molecule is Cn1nc(-c2cc(C(F)(F)F)c(F)c(O)c2F)c2cnc(N3CCOCC3CC3CC3)cc21. The van der Waals surface area contributed by atoms with E-state index in [2.05, 4.69) is 15.0 Å². The molecule has 0 amide bonds. The smallest absolute Gasteiger partial charge is 0.419 e. The Morgan fingerprint density at radius 3 is 2.64 bits per heavy atom. The van der Waals surface area contributed by atoms with E-state index in [1.54, 1.807) is 13.1 Å². The number of pyridine rings is 1. The number of aryl methyl sites for hydroxylation is 1. The van der Waals surface area contributed by atoms with Gasteiger partial charge in [-0.15, -0.1) is 0 Å². The molecule has 3 aromatic rings. The van der Waals surface area contributed by atoms with Crippen molar-refractivity contribution in [2.45, 2.75) is 31.5 Å². The van der Waals surface area contributed by atoms with Crippen LogP contribution in [0.5, 0.6) is 5.75 Å². The Hall–Kier alpha value is -2.95. The highest BCUT2D eigenvalue weighted by atomic mass is 19.4. The molecule has 33 heavy (non-hydrogen) atoms. The minimum Gasteiger partial charge on any atom is -0.503 e. The summed E-state index contributed by atoms with van der Waals surface area (Å²) in [5, 5.41) is 14.1. The van der Waals surface area contributed by atoms with Crippen LogP contribution in [-0.2, 0) is 18.0 Å². The summed E-state index contributed by atoms with van der Waals surface area (Å²) in [6.45, 7) is 1.79. The summed E-state index contributed by atoms with van der Waals surface area (Å²) in [7, 11) is 1.57. The first-order chi connectivity index (χ1) is 15.6. The molecule has 0 bridgehead atoms. The fourth-order valence-electron chi connectivity index (χ4n) is 4.39. The van der Waals surface area contributed by atoms with Gasteiger partial charge < -0.3 is 14.7 Å². The number of rotatable bonds is 4. The second kappa shape index (κ2) is 7.82. The van der Waals surface area contributed by atoms with Crippen LogP contribution < -0.4 is 4.90 Å². The number of aromatic nitrogens is 3. The predicted molar refractivity (Wildman–Crippen MR) is 110 cm³/mol. The minimum absolute atomic E-state index is 0.165. The lowest BCUT2D eigenvalue weighted by Crippen LogP contribution is -2.46. The maximum atomic E-state index is 14.7. The highest BCUT2D eigenvalue weighted by molar-refractivity contribution is 5.94. The Morgan fingerprint density at radius 2 is 1.94 bits per heavy atom. The van der Waals surface area contributed by atoms with Gasteiger partial charge in [-0.25, -0.2) is 13.8 Å². The molecule has 0 radical (unpaired) electrons. The van der Waals surface area contributed by atoms with Crippen molar-refractivity contribution in [3.63, 3.8) is 0 Å². The van der Waals surface area contributed by atoms with Crippen molar-refractivity contribution in [1.82, 2.24) is 14.8 Å². The monoisotopic (exact) mass is 468 g/mol. The lowest BCUT2D eigenvalue weighted by Gasteiger charge is -2.36. The van der Waals surface area contributed by atoms with E-state index in [4.69, 9.17) is 4.74 Å². The lowest BCUT2D eigenvalue weighted by molar-refractivity contribution is -0.140. The molecule has 2 aromatic heterocycles. The summed E-state index contributed by atoms with van der Waals surface area (Å²) in [6, 6.07) is 2.25. The Bertz CT molecular complexity index is 1220. The van der Waals surface area contributed by atoms with Gasteiger partial charge >= 0.3 is 6.18 Å². The summed E-state index contributed by atoms with van der Waals surface area (Å²) in [6.07, 6.45) is -0.289. The Kier molecular flexibility index (Phi) is 5.19. The van der Waals surface area contributed by atoms with E-state index < -0.39 is 34.7 Å². The number of anilines is 1. The molecular weight excluding hydrogens is 447 g/mol. The summed E-state index contributed by atoms with van der Waals surface area (Å²) >= 11 is 0. The lowest BCUT2D eigenvalue weighted by atomic mass is 10.0. The third-order valence-corrected chi connectivity index (χ3v) is 6.28. The number of phenols is 1. The van der Waals surface area contributed by atoms with Crippen LogP contribution in [0.25, 0.3) is 22.2 Å². The molecular formula is C22H21F5N4O2. The third-order valence-electron chi connectivity index (χ3n) is 6.28. The zero-order chi connectivity index (χ0) is 23.5. The number of alkyl halides is 3. The quantitative estimate of drug-likeness (QED) is 0.566. The van der Waals surface area contributed by atoms with Crippen molar-refractivity contribution in [1.29, 1.82) is 0 Å². The van der Waals surface area contributed by atoms with Crippen molar-refractivity contribution >= 4 is 16.7 Å². The van der Waals surface area contributed by atoms with E-state index in [1.807, 2.05) is 0 Å². The molecule has 1 saturated heterocycles. The van der Waals surface area contributed by atoms with Gasteiger partial charge in [-0.3, -0.25) is 4.68 Å². The number of halogens is 5. The number of morpholine rings is 1. The molecule has 1 unspecified atom stereocenters. The van der Waals surface area contributed by atoms with Gasteiger partial charge in [-0.1, -0.05) is 12.8 Å². The topological polar surface area (TPSA) is 63.4 Å². The van der Waals surface area contributed by atoms with Gasteiger partial charge in [0.25, 0.3) is 0 Å². The number of phenolic OH excluding ortho intramolecular Hbond substituents is 1. The number of hydrogen-bond donors (Lipinski definition) is 1. The number of nitrogens with zero attached hydrogens (tertiary/aromatic N) is 4. The first-order valence-electron chi connectivity index (χ1n) is 10.6. The van der Waals surface area contributed by atoms with Gasteiger partial charge in [0, 0.05) is 36.8 Å². The van der Waals surface area contributed by atoms with E-state index in [1.165, 1.54) is 23.7 Å². The molecule has 3 heterocycles. The molecule has 1 aromatic carbocycles. The molecule has 6 nitrogen and oxygen atoms in total. The van der Waals surface area contributed by atoms with E-state index in [0.717, 1.165) is 6.42 Å². The summed E-state index contributed by atoms with van der Waals surface area (Å²) in [5.74, 6) is -3.91. The fraction of sp³-hybridized carbons (Fsp3) is 0.455. The zero-order valence-corrected chi connectivity index (χ0v) is 17.7. The fourth-order valence-corrected chi connectivity index (χ4v) is 4.39. The third kappa shape index (κ3) is 3.88. The van der Waals surface area contributed by atoms with Gasteiger partial charge in [0.15, 0.2) is 17.4 Å². The van der Waals surface area contributed by atoms with E-state index in [9.17, 15) is 27.1 Å². The molecule has 2 aliphatic rings. The van der Waals surface area contributed by atoms with Crippen molar-refractivity contribution in [3.8, 4) is 17.0 Å². The van der Waals surface area contributed by atoms with Gasteiger partial charge in [-0.05, 0) is 18.4 Å². The van der Waals surface area contributed by atoms with Gasteiger partial charge in [0.05, 0.1) is 30.3 Å². The van der Waals surface area contributed by atoms with Crippen molar-refractivity contribution in [2.75, 3.05) is 24.7 Å². The number of fused-ring (bicyclic) bond motifs is 1. The highest BCUT2D eigenvalue weighted by Gasteiger charge is 2.38. The van der Waals surface area contributed by atoms with E-state index in [0.29, 0.717) is 43.1 Å². The molecule has 11 heteroatoms. The maximum Gasteiger partial charge on any atom is 0.419 e. The number of aromatic hydroxyl groups is 1. The van der Waals surface area contributed by atoms with Gasteiger partial charge in [0.2, 0.25) is 0 Å². The Morgan fingerprint density at radius 1 is 1.18 bits per heavy atom. The van der Waals surface area contributed by atoms with Crippen molar-refractivity contribution < 1.29 is 31.8 Å². The predicted octanol–water partition coefficient (Wildman–Crippen LogP) is 4.64. The Labute approximate surface area is 185 Å². The second-order valence-corrected chi connectivity index (χ2v) is 8.58. The molecule has 1 saturated carbocycles. The number of hydrogen-bond acceptors (Lipinski definition) is 5. The van der Waals surface area contributed by atoms with Crippen LogP contribution in [0.1, 0.15) is 24.8 Å². The average Bonchev–Trinajstić information content (AvgIpc) is 3.53. The first kappa shape index (κ1) is 21.9. The number of ether oxygens (including phenoxy) is 1. The molecule has 5 rings (SSSR count). The summed E-state index contributed by atoms with van der Waals surface area (Å²) in [5.41, 5.74) is -2.07. The normalized spacial score (nSPS) is 19.5. The maximum absolute atomic E-state index is 14.7. The van der Waals surface area contributed by atoms with Crippen LogP contribution in [0.15, 0.2) is 18.3 Å². The highest BCUT2D eigenvalue weighted by Crippen LogP contribution is 2.42. The van der Waals surface area contributed by atoms with E-state index >= 15 is 0 Å². The van der Waals surface area contributed by atoms with Crippen LogP contribution in [-0.4, -0.2) is 45.7 Å². The van der Waals surface area contributed by atoms with Crippen molar-refractivity contribution in [2.24, 2.45) is 13.0 Å². The molecule has 1 aliphatic carbocycles.